The van der Waals surface area contributed by atoms with E-state index in [2.05, 4.69) is 32.5 Å². The summed E-state index contributed by atoms with van der Waals surface area (Å²) < 4.78 is 13.5. The highest BCUT2D eigenvalue weighted by Gasteiger charge is 2.10. The van der Waals surface area contributed by atoms with E-state index < -0.39 is 0 Å². The predicted octanol–water partition coefficient (Wildman–Crippen LogP) is 4.78. The monoisotopic (exact) mass is 404 g/mol. The van der Waals surface area contributed by atoms with Crippen LogP contribution in [0.2, 0.25) is 0 Å². The minimum absolute atomic E-state index is 0.540. The molecule has 0 radical (unpaired) electrons. The highest BCUT2D eigenvalue weighted by Crippen LogP contribution is 2.30. The molecule has 0 unspecified atom stereocenters. The van der Waals surface area contributed by atoms with Crippen LogP contribution >= 0.6 is 0 Å². The zero-order valence-corrected chi connectivity index (χ0v) is 17.3. The Bertz CT molecular complexity index is 1160. The molecular formula is C22H24N6O2. The molecule has 0 aliphatic rings. The summed E-state index contributed by atoms with van der Waals surface area (Å²) >= 11 is 0. The summed E-state index contributed by atoms with van der Waals surface area (Å²) in [6.07, 6.45) is 7.38. The molecule has 8 heteroatoms. The second kappa shape index (κ2) is 8.77. The van der Waals surface area contributed by atoms with Crippen molar-refractivity contribution in [1.82, 2.24) is 25.0 Å². The van der Waals surface area contributed by atoms with E-state index in [9.17, 15) is 0 Å². The quantitative estimate of drug-likeness (QED) is 0.423. The summed E-state index contributed by atoms with van der Waals surface area (Å²) in [6, 6.07) is 9.57. The molecule has 154 valence electrons. The molecule has 1 N–H and O–H groups in total. The third-order valence-corrected chi connectivity index (χ3v) is 4.58. The van der Waals surface area contributed by atoms with Crippen molar-refractivity contribution < 1.29 is 9.47 Å². The third kappa shape index (κ3) is 4.48. The molecule has 4 aromatic rings. The highest BCUT2D eigenvalue weighted by molar-refractivity contribution is 5.93. The lowest BCUT2D eigenvalue weighted by Gasteiger charge is -2.11. The van der Waals surface area contributed by atoms with Crippen molar-refractivity contribution in [2.24, 2.45) is 7.05 Å². The minimum atomic E-state index is 0.540. The van der Waals surface area contributed by atoms with Crippen molar-refractivity contribution in [1.29, 1.82) is 0 Å². The van der Waals surface area contributed by atoms with E-state index in [4.69, 9.17) is 9.47 Å². The molecule has 1 aromatic carbocycles. The van der Waals surface area contributed by atoms with Crippen molar-refractivity contribution in [2.75, 3.05) is 11.9 Å². The summed E-state index contributed by atoms with van der Waals surface area (Å²) in [5.41, 5.74) is 0.906. The SMILES string of the molecule is CCCCOc1cnc(Oc2ccc3cnnc(Nc4ccn(C)n4)c3c2)c(C)c1. The van der Waals surface area contributed by atoms with E-state index in [0.29, 0.717) is 29.9 Å². The molecule has 0 amide bonds. The van der Waals surface area contributed by atoms with Gasteiger partial charge in [0.15, 0.2) is 11.6 Å². The van der Waals surface area contributed by atoms with Gasteiger partial charge in [-0.05, 0) is 37.6 Å². The first-order valence-corrected chi connectivity index (χ1v) is 9.92. The fourth-order valence-electron chi connectivity index (χ4n) is 2.98. The van der Waals surface area contributed by atoms with Gasteiger partial charge in [-0.1, -0.05) is 13.3 Å². The average Bonchev–Trinajstić information content (AvgIpc) is 3.15. The fourth-order valence-corrected chi connectivity index (χ4v) is 2.98. The molecule has 0 atom stereocenters. The molecule has 0 aliphatic carbocycles. The fraction of sp³-hybridized carbons (Fsp3) is 0.273. The number of nitrogens with one attached hydrogen (secondary N) is 1. The highest BCUT2D eigenvalue weighted by atomic mass is 16.5. The first kappa shape index (κ1) is 19.6. The van der Waals surface area contributed by atoms with Gasteiger partial charge in [0.25, 0.3) is 0 Å². The number of aryl methyl sites for hydroxylation is 2. The molecular weight excluding hydrogens is 380 g/mol. The Morgan fingerprint density at radius 1 is 1.10 bits per heavy atom. The number of hydrogen-bond donors (Lipinski definition) is 1. The lowest BCUT2D eigenvalue weighted by molar-refractivity contribution is 0.307. The van der Waals surface area contributed by atoms with E-state index >= 15 is 0 Å². The summed E-state index contributed by atoms with van der Waals surface area (Å²) in [7, 11) is 1.86. The van der Waals surface area contributed by atoms with Crippen LogP contribution in [0.15, 0.2) is 48.9 Å². The summed E-state index contributed by atoms with van der Waals surface area (Å²) in [4.78, 5) is 4.42. The maximum Gasteiger partial charge on any atom is 0.222 e. The zero-order chi connectivity index (χ0) is 20.9. The van der Waals surface area contributed by atoms with E-state index in [-0.39, 0.29) is 0 Å². The van der Waals surface area contributed by atoms with Crippen LogP contribution in [0.3, 0.4) is 0 Å². The molecule has 0 aliphatic heterocycles. The van der Waals surface area contributed by atoms with E-state index in [1.54, 1.807) is 17.1 Å². The van der Waals surface area contributed by atoms with Gasteiger partial charge in [-0.15, -0.1) is 5.10 Å². The lowest BCUT2D eigenvalue weighted by Crippen LogP contribution is -1.99. The Kier molecular flexibility index (Phi) is 5.74. The van der Waals surface area contributed by atoms with E-state index in [1.807, 2.05) is 50.5 Å². The normalized spacial score (nSPS) is 10.9. The zero-order valence-electron chi connectivity index (χ0n) is 17.3. The second-order valence-corrected chi connectivity index (χ2v) is 7.04. The van der Waals surface area contributed by atoms with Gasteiger partial charge in [0.05, 0.1) is 19.0 Å². The number of aromatic nitrogens is 5. The second-order valence-electron chi connectivity index (χ2n) is 7.04. The van der Waals surface area contributed by atoms with E-state index in [1.165, 1.54) is 0 Å². The number of ether oxygens (including phenoxy) is 2. The molecule has 8 nitrogen and oxygen atoms in total. The van der Waals surface area contributed by atoms with Crippen LogP contribution in [0.5, 0.6) is 17.4 Å². The van der Waals surface area contributed by atoms with Crippen molar-refractivity contribution in [3.63, 3.8) is 0 Å². The van der Waals surface area contributed by atoms with Crippen LogP contribution in [0.25, 0.3) is 10.8 Å². The number of benzene rings is 1. The molecule has 0 bridgehead atoms. The van der Waals surface area contributed by atoms with Gasteiger partial charge in [0.2, 0.25) is 5.88 Å². The predicted molar refractivity (Wildman–Crippen MR) is 115 cm³/mol. The van der Waals surface area contributed by atoms with Crippen molar-refractivity contribution in [3.05, 3.63) is 54.5 Å². The van der Waals surface area contributed by atoms with Gasteiger partial charge in [-0.25, -0.2) is 4.98 Å². The van der Waals surface area contributed by atoms with Crippen LogP contribution in [-0.4, -0.2) is 31.6 Å². The van der Waals surface area contributed by atoms with Crippen LogP contribution in [0.1, 0.15) is 25.3 Å². The third-order valence-electron chi connectivity index (χ3n) is 4.58. The summed E-state index contributed by atoms with van der Waals surface area (Å²) in [5.74, 6) is 3.26. The Labute approximate surface area is 174 Å². The van der Waals surface area contributed by atoms with Gasteiger partial charge < -0.3 is 14.8 Å². The number of unbranched alkanes of at least 4 members (excludes halogenated alkanes) is 1. The van der Waals surface area contributed by atoms with Crippen molar-refractivity contribution in [3.8, 4) is 17.4 Å². The van der Waals surface area contributed by atoms with Crippen LogP contribution in [-0.2, 0) is 7.05 Å². The lowest BCUT2D eigenvalue weighted by atomic mass is 10.2. The maximum atomic E-state index is 6.04. The standard InChI is InChI=1S/C22H24N6O2/c1-4-5-10-29-18-11-15(2)22(23-14-18)30-17-7-6-16-13-24-26-21(19(16)12-17)25-20-8-9-28(3)27-20/h6-9,11-14H,4-5,10H2,1-3H3,(H,25,26,27). The number of nitrogens with zero attached hydrogens (tertiary/aromatic N) is 5. The maximum absolute atomic E-state index is 6.04. The van der Waals surface area contributed by atoms with Gasteiger partial charge in [-0.2, -0.15) is 10.2 Å². The van der Waals surface area contributed by atoms with Gasteiger partial charge in [0.1, 0.15) is 11.5 Å². The number of anilines is 2. The molecule has 3 aromatic heterocycles. The number of pyridine rings is 1. The molecule has 0 saturated carbocycles. The van der Waals surface area contributed by atoms with Gasteiger partial charge in [-0.3, -0.25) is 4.68 Å². The largest absolute Gasteiger partial charge is 0.492 e. The molecule has 0 saturated heterocycles. The van der Waals surface area contributed by atoms with Crippen molar-refractivity contribution >= 4 is 22.4 Å². The Morgan fingerprint density at radius 2 is 2.00 bits per heavy atom. The van der Waals surface area contributed by atoms with E-state index in [0.717, 1.165) is 34.9 Å². The van der Waals surface area contributed by atoms with Crippen LogP contribution < -0.4 is 14.8 Å². The Morgan fingerprint density at radius 3 is 2.77 bits per heavy atom. The first-order valence-electron chi connectivity index (χ1n) is 9.92. The molecule has 0 fully saturated rings. The van der Waals surface area contributed by atoms with Crippen LogP contribution in [0.4, 0.5) is 11.6 Å². The van der Waals surface area contributed by atoms with Gasteiger partial charge >= 0.3 is 0 Å². The van der Waals surface area contributed by atoms with Crippen LogP contribution in [0, 0.1) is 6.92 Å². The number of hydrogen-bond acceptors (Lipinski definition) is 7. The first-order chi connectivity index (χ1) is 14.6. The molecule has 3 heterocycles. The van der Waals surface area contributed by atoms with Gasteiger partial charge in [0, 0.05) is 35.6 Å². The smallest absolute Gasteiger partial charge is 0.222 e. The summed E-state index contributed by atoms with van der Waals surface area (Å²) in [5, 5.41) is 17.7. The average molecular weight is 404 g/mol. The summed E-state index contributed by atoms with van der Waals surface area (Å²) in [6.45, 7) is 4.78. The topological polar surface area (TPSA) is 87.0 Å². The minimum Gasteiger partial charge on any atom is -0.492 e. The molecule has 4 rings (SSSR count). The number of fused-ring (bicyclic) bond motifs is 1. The number of rotatable bonds is 8. The Balaban J connectivity index is 1.57. The molecule has 30 heavy (non-hydrogen) atoms. The molecule has 0 spiro atoms. The van der Waals surface area contributed by atoms with Crippen molar-refractivity contribution in [2.45, 2.75) is 26.7 Å². The Hall–Kier alpha value is -3.68.